The first-order valence-corrected chi connectivity index (χ1v) is 8.80. The first-order valence-electron chi connectivity index (χ1n) is 8.80. The number of ether oxygens (including phenoxy) is 1. The molecule has 0 radical (unpaired) electrons. The number of halogens is 3. The molecule has 7 nitrogen and oxygen atoms in total. The Balaban J connectivity index is 1.85. The van der Waals surface area contributed by atoms with E-state index in [0.29, 0.717) is 6.07 Å². The third kappa shape index (κ3) is 3.96. The van der Waals surface area contributed by atoms with E-state index in [-0.39, 0.29) is 30.2 Å². The van der Waals surface area contributed by atoms with Crippen LogP contribution in [0.1, 0.15) is 41.1 Å². The van der Waals surface area contributed by atoms with Gasteiger partial charge in [0.2, 0.25) is 0 Å². The Morgan fingerprint density at radius 1 is 1.40 bits per heavy atom. The van der Waals surface area contributed by atoms with Crippen LogP contribution in [0.15, 0.2) is 34.9 Å². The van der Waals surface area contributed by atoms with Gasteiger partial charge in [-0.25, -0.2) is 4.79 Å². The molecule has 158 valence electrons. The maximum atomic E-state index is 13.2. The Bertz CT molecular complexity index is 1040. The van der Waals surface area contributed by atoms with Crippen LogP contribution in [-0.4, -0.2) is 34.5 Å². The third-order valence-corrected chi connectivity index (χ3v) is 4.83. The quantitative estimate of drug-likeness (QED) is 0.788. The van der Waals surface area contributed by atoms with Crippen molar-refractivity contribution in [3.8, 4) is 11.8 Å². The van der Waals surface area contributed by atoms with Crippen LogP contribution in [0.3, 0.4) is 0 Å². The van der Waals surface area contributed by atoms with Crippen LogP contribution in [0.5, 0.6) is 5.75 Å². The summed E-state index contributed by atoms with van der Waals surface area (Å²) in [5.74, 6) is -1.82. The number of amides is 1. The predicted molar refractivity (Wildman–Crippen MR) is 95.4 cm³/mol. The molecule has 0 aliphatic carbocycles. The number of rotatable bonds is 5. The average molecular weight is 422 g/mol. The summed E-state index contributed by atoms with van der Waals surface area (Å²) in [6, 6.07) is 5.64. The first kappa shape index (κ1) is 21.2. The largest absolute Gasteiger partial charge is 0.480 e. The topological polar surface area (TPSA) is 104 Å². The molecule has 3 rings (SSSR count). The molecule has 10 heteroatoms. The molecule has 1 aromatic carbocycles. The van der Waals surface area contributed by atoms with Crippen molar-refractivity contribution in [2.45, 2.75) is 32.7 Å². The molecule has 0 saturated carbocycles. The Labute approximate surface area is 169 Å². The molecule has 1 fully saturated rings. The van der Waals surface area contributed by atoms with Crippen molar-refractivity contribution in [2.24, 2.45) is 5.41 Å². The molecule has 1 saturated heterocycles. The molecule has 1 unspecified atom stereocenters. The summed E-state index contributed by atoms with van der Waals surface area (Å²) in [4.78, 5) is 25.4. The van der Waals surface area contributed by atoms with Crippen LogP contribution in [0.4, 0.5) is 13.2 Å². The van der Waals surface area contributed by atoms with Crippen LogP contribution in [0.25, 0.3) is 0 Å². The maximum absolute atomic E-state index is 13.2. The number of likely N-dealkylation sites (tertiary alicyclic amines) is 1. The van der Waals surface area contributed by atoms with E-state index in [4.69, 9.17) is 14.4 Å². The second-order valence-electron chi connectivity index (χ2n) is 7.56. The van der Waals surface area contributed by atoms with E-state index >= 15 is 0 Å². The summed E-state index contributed by atoms with van der Waals surface area (Å²) < 4.78 is 50.4. The number of aromatic carboxylic acids is 1. The minimum Gasteiger partial charge on any atom is -0.480 e. The molecule has 1 aromatic heterocycles. The van der Waals surface area contributed by atoms with Gasteiger partial charge in [-0.15, -0.1) is 0 Å². The van der Waals surface area contributed by atoms with Gasteiger partial charge in [-0.2, -0.15) is 18.4 Å². The fourth-order valence-corrected chi connectivity index (χ4v) is 3.39. The van der Waals surface area contributed by atoms with Gasteiger partial charge in [0.1, 0.15) is 17.1 Å². The Kier molecular flexibility index (Phi) is 5.24. The minimum absolute atomic E-state index is 0.0770. The average Bonchev–Trinajstić information content (AvgIpc) is 3.19. The minimum atomic E-state index is -4.75. The number of furan rings is 1. The molecular weight excluding hydrogens is 405 g/mol. The highest BCUT2D eigenvalue weighted by Gasteiger charge is 2.48. The Hall–Kier alpha value is -3.48. The third-order valence-electron chi connectivity index (χ3n) is 4.83. The second kappa shape index (κ2) is 7.40. The van der Waals surface area contributed by atoms with Crippen molar-refractivity contribution in [1.29, 1.82) is 5.26 Å². The van der Waals surface area contributed by atoms with E-state index in [1.807, 2.05) is 0 Å². The van der Waals surface area contributed by atoms with Gasteiger partial charge in [-0.1, -0.05) is 13.8 Å². The monoisotopic (exact) mass is 422 g/mol. The van der Waals surface area contributed by atoms with Crippen LogP contribution in [0, 0.1) is 16.7 Å². The van der Waals surface area contributed by atoms with Gasteiger partial charge in [-0.3, -0.25) is 4.79 Å². The number of carboxylic acid groups (broad SMARTS) is 1. The molecule has 30 heavy (non-hydrogen) atoms. The van der Waals surface area contributed by atoms with Gasteiger partial charge in [0.15, 0.2) is 6.10 Å². The van der Waals surface area contributed by atoms with E-state index < -0.39 is 40.7 Å². The van der Waals surface area contributed by atoms with Gasteiger partial charge in [0.05, 0.1) is 30.0 Å². The van der Waals surface area contributed by atoms with Crippen molar-refractivity contribution in [2.75, 3.05) is 6.54 Å². The summed E-state index contributed by atoms with van der Waals surface area (Å²) in [7, 11) is 0. The number of carboxylic acids is 1. The summed E-state index contributed by atoms with van der Waals surface area (Å²) >= 11 is 0. The number of nitriles is 1. The van der Waals surface area contributed by atoms with Crippen LogP contribution in [0.2, 0.25) is 0 Å². The van der Waals surface area contributed by atoms with E-state index in [1.54, 1.807) is 13.8 Å². The lowest BCUT2D eigenvalue weighted by molar-refractivity contribution is -0.138. The van der Waals surface area contributed by atoms with Crippen LogP contribution in [-0.2, 0) is 17.5 Å². The van der Waals surface area contributed by atoms with E-state index in [2.05, 4.69) is 0 Å². The van der Waals surface area contributed by atoms with Gasteiger partial charge in [0.25, 0.3) is 5.91 Å². The molecule has 2 aromatic rings. The zero-order valence-corrected chi connectivity index (χ0v) is 16.0. The lowest BCUT2D eigenvalue weighted by Crippen LogP contribution is -2.36. The van der Waals surface area contributed by atoms with Gasteiger partial charge >= 0.3 is 12.1 Å². The van der Waals surface area contributed by atoms with Crippen molar-refractivity contribution in [1.82, 2.24) is 4.90 Å². The van der Waals surface area contributed by atoms with Gasteiger partial charge in [-0.05, 0) is 24.3 Å². The van der Waals surface area contributed by atoms with E-state index in [1.165, 1.54) is 29.4 Å². The fourth-order valence-electron chi connectivity index (χ4n) is 3.39. The summed E-state index contributed by atoms with van der Waals surface area (Å²) in [6.45, 7) is 3.49. The molecule has 1 aliphatic heterocycles. The van der Waals surface area contributed by atoms with Crippen molar-refractivity contribution >= 4 is 11.9 Å². The summed E-state index contributed by atoms with van der Waals surface area (Å²) in [5.41, 5.74) is -2.55. The number of carbonyl (C=O) groups excluding carboxylic acids is 1. The molecule has 0 bridgehead atoms. The molecule has 1 N–H and O–H groups in total. The van der Waals surface area contributed by atoms with E-state index in [0.717, 1.165) is 6.07 Å². The molecule has 0 spiro atoms. The van der Waals surface area contributed by atoms with Crippen LogP contribution < -0.4 is 4.74 Å². The fraction of sp³-hybridized carbons (Fsp3) is 0.350. The number of carbonyl (C=O) groups is 2. The molecular formula is C20H17F3N2O5. The van der Waals surface area contributed by atoms with Crippen LogP contribution >= 0.6 is 0 Å². The highest BCUT2D eigenvalue weighted by atomic mass is 19.4. The Morgan fingerprint density at radius 2 is 2.10 bits per heavy atom. The zero-order chi connectivity index (χ0) is 22.3. The first-order chi connectivity index (χ1) is 13.9. The maximum Gasteiger partial charge on any atom is 0.417 e. The van der Waals surface area contributed by atoms with Gasteiger partial charge in [0, 0.05) is 12.0 Å². The second-order valence-corrected chi connectivity index (χ2v) is 7.56. The summed E-state index contributed by atoms with van der Waals surface area (Å²) in [5, 5.41) is 18.1. The smallest absolute Gasteiger partial charge is 0.417 e. The number of hydrogen-bond donors (Lipinski definition) is 1. The van der Waals surface area contributed by atoms with E-state index in [9.17, 15) is 27.9 Å². The standard InChI is InChI=1S/C20H17F3N2O5/c1-19(2)10-25(9-15-13(18(27)28)5-6-29-15)17(26)16(19)30-12-4-3-11(8-24)14(7-12)20(21,22)23/h3-7,16H,9-10H2,1-2H3,(H,27,28). The highest BCUT2D eigenvalue weighted by Crippen LogP contribution is 2.38. The number of benzene rings is 1. The molecule has 2 heterocycles. The number of alkyl halides is 3. The SMILES string of the molecule is CC1(C)CN(Cc2occc2C(=O)O)C(=O)C1Oc1ccc(C#N)c(C(F)(F)F)c1. The lowest BCUT2D eigenvalue weighted by atomic mass is 9.89. The van der Waals surface area contributed by atoms with Crippen molar-refractivity contribution in [3.05, 3.63) is 53.0 Å². The Morgan fingerprint density at radius 3 is 2.70 bits per heavy atom. The predicted octanol–water partition coefficient (Wildman–Crippen LogP) is 3.68. The highest BCUT2D eigenvalue weighted by molar-refractivity contribution is 5.89. The van der Waals surface area contributed by atoms with Crippen molar-refractivity contribution < 1.29 is 37.0 Å². The molecule has 1 amide bonds. The zero-order valence-electron chi connectivity index (χ0n) is 16.0. The number of hydrogen-bond acceptors (Lipinski definition) is 5. The van der Waals surface area contributed by atoms with Crippen molar-refractivity contribution in [3.63, 3.8) is 0 Å². The molecule has 1 aliphatic rings. The number of nitrogens with zero attached hydrogens (tertiary/aromatic N) is 2. The normalized spacial score (nSPS) is 18.3. The molecule has 1 atom stereocenters. The van der Waals surface area contributed by atoms with Gasteiger partial charge < -0.3 is 19.2 Å². The summed E-state index contributed by atoms with van der Waals surface area (Å²) in [6.07, 6.45) is -4.65. The lowest BCUT2D eigenvalue weighted by Gasteiger charge is -2.24.